The van der Waals surface area contributed by atoms with Crippen molar-refractivity contribution < 1.29 is 18.0 Å². The summed E-state index contributed by atoms with van der Waals surface area (Å²) in [7, 11) is 0. The molecule has 2 aromatic carbocycles. The van der Waals surface area contributed by atoms with Crippen LogP contribution in [0.4, 0.5) is 13.2 Å². The van der Waals surface area contributed by atoms with Gasteiger partial charge in [-0.25, -0.2) is 9.89 Å². The van der Waals surface area contributed by atoms with E-state index in [1.165, 1.54) is 12.1 Å². The van der Waals surface area contributed by atoms with Crippen LogP contribution in [-0.2, 0) is 12.7 Å². The minimum Gasteiger partial charge on any atom is -0.339 e. The average molecular weight is 444 g/mol. The first-order valence-electron chi connectivity index (χ1n) is 10.4. The Kier molecular flexibility index (Phi) is 5.90. The zero-order chi connectivity index (χ0) is 22.9. The number of piperidine rings is 1. The van der Waals surface area contributed by atoms with Crippen molar-refractivity contribution in [2.24, 2.45) is 0 Å². The number of amides is 1. The fourth-order valence-electron chi connectivity index (χ4n) is 4.00. The number of rotatable bonds is 4. The Morgan fingerprint density at radius 3 is 2.28 bits per heavy atom. The molecular formula is C23H23F3N4O2. The van der Waals surface area contributed by atoms with Gasteiger partial charge in [-0.3, -0.25) is 9.36 Å². The predicted octanol–water partition coefficient (Wildman–Crippen LogP) is 3.97. The predicted molar refractivity (Wildman–Crippen MR) is 112 cm³/mol. The van der Waals surface area contributed by atoms with Gasteiger partial charge in [0.2, 0.25) is 0 Å². The molecule has 1 saturated heterocycles. The summed E-state index contributed by atoms with van der Waals surface area (Å²) in [6, 6.07) is 12.2. The van der Waals surface area contributed by atoms with Gasteiger partial charge in [0.25, 0.3) is 5.91 Å². The molecule has 1 amide bonds. The SMILES string of the molecule is Cc1ccc(Cn2c(C3CCN(C(=O)c4ccc(C(F)(F)F)cc4)CC3)n[nH]c2=O)cc1. The summed E-state index contributed by atoms with van der Waals surface area (Å²) < 4.78 is 39.9. The van der Waals surface area contributed by atoms with Crippen LogP contribution in [0.15, 0.2) is 53.3 Å². The number of nitrogens with one attached hydrogen (secondary N) is 1. The maximum absolute atomic E-state index is 12.7. The van der Waals surface area contributed by atoms with Gasteiger partial charge < -0.3 is 4.90 Å². The van der Waals surface area contributed by atoms with E-state index >= 15 is 0 Å². The molecule has 1 aliphatic heterocycles. The molecule has 6 nitrogen and oxygen atoms in total. The first-order valence-corrected chi connectivity index (χ1v) is 10.4. The Morgan fingerprint density at radius 2 is 1.69 bits per heavy atom. The Bertz CT molecular complexity index is 1140. The highest BCUT2D eigenvalue weighted by Gasteiger charge is 2.31. The molecule has 1 fully saturated rings. The maximum Gasteiger partial charge on any atom is 0.416 e. The average Bonchev–Trinajstić information content (AvgIpc) is 3.14. The van der Waals surface area contributed by atoms with Crippen molar-refractivity contribution in [2.45, 2.75) is 38.4 Å². The van der Waals surface area contributed by atoms with E-state index < -0.39 is 11.7 Å². The van der Waals surface area contributed by atoms with Gasteiger partial charge in [-0.1, -0.05) is 29.8 Å². The van der Waals surface area contributed by atoms with Crippen molar-refractivity contribution in [2.75, 3.05) is 13.1 Å². The van der Waals surface area contributed by atoms with Crippen LogP contribution in [0.3, 0.4) is 0 Å². The number of hydrogen-bond acceptors (Lipinski definition) is 3. The highest BCUT2D eigenvalue weighted by Crippen LogP contribution is 2.30. The second-order valence-corrected chi connectivity index (χ2v) is 8.10. The quantitative estimate of drug-likeness (QED) is 0.662. The number of likely N-dealkylation sites (tertiary alicyclic amines) is 1. The number of aryl methyl sites for hydroxylation is 1. The highest BCUT2D eigenvalue weighted by atomic mass is 19.4. The van der Waals surface area contributed by atoms with Crippen LogP contribution < -0.4 is 5.69 Å². The normalized spacial score (nSPS) is 15.2. The van der Waals surface area contributed by atoms with Gasteiger partial charge >= 0.3 is 11.9 Å². The minimum atomic E-state index is -4.43. The van der Waals surface area contributed by atoms with E-state index in [4.69, 9.17) is 0 Å². The molecule has 2 heterocycles. The van der Waals surface area contributed by atoms with E-state index in [-0.39, 0.29) is 23.1 Å². The number of alkyl halides is 3. The van der Waals surface area contributed by atoms with Crippen molar-refractivity contribution in [1.82, 2.24) is 19.7 Å². The highest BCUT2D eigenvalue weighted by molar-refractivity contribution is 5.94. The number of aromatic nitrogens is 3. The lowest BCUT2D eigenvalue weighted by molar-refractivity contribution is -0.137. The van der Waals surface area contributed by atoms with Crippen molar-refractivity contribution in [3.8, 4) is 0 Å². The number of carbonyl (C=O) groups excluding carboxylic acids is 1. The van der Waals surface area contributed by atoms with Gasteiger partial charge in [-0.2, -0.15) is 18.3 Å². The van der Waals surface area contributed by atoms with Gasteiger partial charge in [0.15, 0.2) is 0 Å². The van der Waals surface area contributed by atoms with Crippen molar-refractivity contribution >= 4 is 5.91 Å². The second kappa shape index (κ2) is 8.64. The van der Waals surface area contributed by atoms with E-state index in [0.717, 1.165) is 23.3 Å². The number of hydrogen-bond donors (Lipinski definition) is 1. The van der Waals surface area contributed by atoms with Crippen molar-refractivity contribution in [1.29, 1.82) is 0 Å². The molecular weight excluding hydrogens is 421 g/mol. The fraction of sp³-hybridized carbons (Fsp3) is 0.348. The molecule has 3 aromatic rings. The number of halogens is 3. The molecule has 1 N–H and O–H groups in total. The van der Waals surface area contributed by atoms with Crippen LogP contribution in [0.1, 0.15) is 51.6 Å². The van der Waals surface area contributed by atoms with E-state index in [9.17, 15) is 22.8 Å². The number of nitrogens with zero attached hydrogens (tertiary/aromatic N) is 3. The molecule has 32 heavy (non-hydrogen) atoms. The second-order valence-electron chi connectivity index (χ2n) is 8.10. The monoisotopic (exact) mass is 444 g/mol. The molecule has 0 aliphatic carbocycles. The van der Waals surface area contributed by atoms with Crippen LogP contribution in [0.2, 0.25) is 0 Å². The number of H-pyrrole nitrogens is 1. The first kappa shape index (κ1) is 21.9. The molecule has 0 atom stereocenters. The van der Waals surface area contributed by atoms with E-state index in [1.54, 1.807) is 9.47 Å². The maximum atomic E-state index is 12.7. The number of benzene rings is 2. The molecule has 0 unspecified atom stereocenters. The molecule has 168 valence electrons. The third-order valence-corrected chi connectivity index (χ3v) is 5.86. The first-order chi connectivity index (χ1) is 15.2. The minimum absolute atomic E-state index is 0.0102. The molecule has 1 aliphatic rings. The Hall–Kier alpha value is -3.36. The number of carbonyl (C=O) groups is 1. The molecule has 0 saturated carbocycles. The summed E-state index contributed by atoms with van der Waals surface area (Å²) in [6.07, 6.45) is -3.20. The summed E-state index contributed by atoms with van der Waals surface area (Å²) in [5.41, 5.74) is 1.31. The standard InChI is InChI=1S/C23H23F3N4O2/c1-15-2-4-16(5-3-15)14-30-20(27-28-22(30)32)17-10-12-29(13-11-17)21(31)18-6-8-19(9-7-18)23(24,25)26/h2-9,17H,10-14H2,1H3,(H,28,32). The summed E-state index contributed by atoms with van der Waals surface area (Å²) in [6.45, 7) is 3.29. The van der Waals surface area contributed by atoms with Crippen molar-refractivity contribution in [3.63, 3.8) is 0 Å². The molecule has 9 heteroatoms. The van der Waals surface area contributed by atoms with Gasteiger partial charge in [0, 0.05) is 24.6 Å². The van der Waals surface area contributed by atoms with Crippen LogP contribution in [-0.4, -0.2) is 38.7 Å². The Morgan fingerprint density at radius 1 is 1.06 bits per heavy atom. The smallest absolute Gasteiger partial charge is 0.339 e. The summed E-state index contributed by atoms with van der Waals surface area (Å²) in [4.78, 5) is 26.7. The third-order valence-electron chi connectivity index (χ3n) is 5.86. The van der Waals surface area contributed by atoms with Gasteiger partial charge in [-0.15, -0.1) is 0 Å². The van der Waals surface area contributed by atoms with Crippen LogP contribution in [0, 0.1) is 6.92 Å². The van der Waals surface area contributed by atoms with E-state index in [1.807, 2.05) is 31.2 Å². The number of aromatic amines is 1. The molecule has 0 radical (unpaired) electrons. The molecule has 0 spiro atoms. The summed E-state index contributed by atoms with van der Waals surface area (Å²) in [5.74, 6) is 0.379. The Labute approximate surface area is 182 Å². The molecule has 1 aromatic heterocycles. The largest absolute Gasteiger partial charge is 0.416 e. The fourth-order valence-corrected chi connectivity index (χ4v) is 4.00. The summed E-state index contributed by atoms with van der Waals surface area (Å²) >= 11 is 0. The van der Waals surface area contributed by atoms with Crippen molar-refractivity contribution in [3.05, 3.63) is 87.1 Å². The zero-order valence-electron chi connectivity index (χ0n) is 17.5. The molecule has 0 bridgehead atoms. The van der Waals surface area contributed by atoms with Gasteiger partial charge in [-0.05, 0) is 49.6 Å². The van der Waals surface area contributed by atoms with Gasteiger partial charge in [0.1, 0.15) is 5.82 Å². The van der Waals surface area contributed by atoms with Crippen LogP contribution >= 0.6 is 0 Å². The van der Waals surface area contributed by atoms with E-state index in [0.29, 0.717) is 38.3 Å². The van der Waals surface area contributed by atoms with Crippen LogP contribution in [0.5, 0.6) is 0 Å². The topological polar surface area (TPSA) is 71.0 Å². The lowest BCUT2D eigenvalue weighted by Crippen LogP contribution is -2.38. The lowest BCUT2D eigenvalue weighted by Gasteiger charge is -2.31. The zero-order valence-corrected chi connectivity index (χ0v) is 17.5. The van der Waals surface area contributed by atoms with Crippen LogP contribution in [0.25, 0.3) is 0 Å². The summed E-state index contributed by atoms with van der Waals surface area (Å²) in [5, 5.41) is 6.76. The van der Waals surface area contributed by atoms with E-state index in [2.05, 4.69) is 10.2 Å². The molecule has 4 rings (SSSR count). The lowest BCUT2D eigenvalue weighted by atomic mass is 9.95. The Balaban J connectivity index is 1.42. The third kappa shape index (κ3) is 4.61. The van der Waals surface area contributed by atoms with Gasteiger partial charge in [0.05, 0.1) is 12.1 Å².